The molecule has 2 aromatic carbocycles. The molecule has 7 nitrogen and oxygen atoms in total. The number of hydrogen-bond acceptors (Lipinski definition) is 6. The number of ketones is 1. The van der Waals surface area contributed by atoms with E-state index >= 15 is 0 Å². The van der Waals surface area contributed by atoms with Crippen LogP contribution >= 0.6 is 22.9 Å². The highest BCUT2D eigenvalue weighted by molar-refractivity contribution is 7.20. The fourth-order valence-corrected chi connectivity index (χ4v) is 7.90. The highest BCUT2D eigenvalue weighted by Crippen LogP contribution is 2.57. The second kappa shape index (κ2) is 12.8. The van der Waals surface area contributed by atoms with Gasteiger partial charge in [0.2, 0.25) is 5.91 Å². The Hall–Kier alpha value is -3.23. The van der Waals surface area contributed by atoms with E-state index in [0.717, 1.165) is 48.7 Å². The maximum Gasteiger partial charge on any atom is 0.310 e. The van der Waals surface area contributed by atoms with Crippen molar-refractivity contribution in [2.45, 2.75) is 76.4 Å². The molecule has 1 saturated heterocycles. The van der Waals surface area contributed by atoms with Crippen LogP contribution in [0, 0.1) is 17.3 Å². The number of hydrogen-bond donors (Lipinski definition) is 1. The molecule has 1 saturated carbocycles. The number of aliphatic carboxylic acids is 1. The van der Waals surface area contributed by atoms with Crippen LogP contribution in [0.4, 0.5) is 0 Å². The van der Waals surface area contributed by atoms with E-state index in [-0.39, 0.29) is 36.5 Å². The summed E-state index contributed by atoms with van der Waals surface area (Å²) in [6.07, 6.45) is 10.4. The molecule has 3 heterocycles. The van der Waals surface area contributed by atoms with E-state index in [9.17, 15) is 19.5 Å². The van der Waals surface area contributed by atoms with Gasteiger partial charge in [-0.2, -0.15) is 0 Å². The van der Waals surface area contributed by atoms with Gasteiger partial charge in [0.1, 0.15) is 6.10 Å². The van der Waals surface area contributed by atoms with Gasteiger partial charge in [0.15, 0.2) is 5.78 Å². The topological polar surface area (TPSA) is 96.8 Å². The number of thiazole rings is 1. The molecular formula is C34H37ClN2O5S. The lowest BCUT2D eigenvalue weighted by atomic mass is 9.90. The Morgan fingerprint density at radius 1 is 1.14 bits per heavy atom. The largest absolute Gasteiger partial charge is 0.481 e. The molecular weight excluding hydrogens is 584 g/mol. The SMILES string of the molecule is O=C1C[C@]2(C(=O)O)C[C@H]2/C=C\CCCCC[C@H](CCc2ccccc2)C(=O)N2C[C@H](Oc3nc4ccc(Cl)cc4s3)C[C@@H]12. The summed E-state index contributed by atoms with van der Waals surface area (Å²) in [5.74, 6) is -1.52. The van der Waals surface area contributed by atoms with Crippen LogP contribution < -0.4 is 4.74 Å². The Bertz CT molecular complexity index is 1520. The number of aromatic nitrogens is 1. The van der Waals surface area contributed by atoms with Gasteiger partial charge in [0, 0.05) is 23.8 Å². The highest BCUT2D eigenvalue weighted by atomic mass is 35.5. The lowest BCUT2D eigenvalue weighted by Crippen LogP contribution is -2.45. The molecule has 2 aliphatic heterocycles. The molecule has 226 valence electrons. The minimum absolute atomic E-state index is 0.0267. The van der Waals surface area contributed by atoms with Crippen LogP contribution in [0.15, 0.2) is 60.7 Å². The molecule has 1 amide bonds. The minimum Gasteiger partial charge on any atom is -0.481 e. The number of carboxylic acids is 1. The number of Topliss-reactive ketones (excluding diaryl/α,β-unsaturated/α-hetero) is 1. The van der Waals surface area contributed by atoms with E-state index in [1.807, 2.05) is 36.4 Å². The van der Waals surface area contributed by atoms with Crippen LogP contribution in [0.5, 0.6) is 5.19 Å². The van der Waals surface area contributed by atoms with Gasteiger partial charge in [-0.15, -0.1) is 0 Å². The predicted molar refractivity (Wildman–Crippen MR) is 167 cm³/mol. The number of ether oxygens (including phenoxy) is 1. The number of fused-ring (bicyclic) bond motifs is 3. The van der Waals surface area contributed by atoms with Crippen LogP contribution in [0.2, 0.25) is 5.02 Å². The van der Waals surface area contributed by atoms with Gasteiger partial charge in [-0.25, -0.2) is 4.98 Å². The molecule has 3 aromatic rings. The first-order valence-electron chi connectivity index (χ1n) is 15.3. The average molecular weight is 621 g/mol. The molecule has 1 aliphatic carbocycles. The third kappa shape index (κ3) is 6.65. The zero-order chi connectivity index (χ0) is 30.0. The number of carbonyl (C=O) groups is 3. The number of carbonyl (C=O) groups excluding carboxylic acids is 2. The van der Waals surface area contributed by atoms with Gasteiger partial charge in [0.05, 0.1) is 28.2 Å². The van der Waals surface area contributed by atoms with Gasteiger partial charge >= 0.3 is 5.97 Å². The van der Waals surface area contributed by atoms with Crippen LogP contribution in [0.25, 0.3) is 10.2 Å². The summed E-state index contributed by atoms with van der Waals surface area (Å²) >= 11 is 7.55. The normalized spacial score (nSPS) is 28.9. The first-order chi connectivity index (χ1) is 20.8. The average Bonchev–Trinajstić information content (AvgIpc) is 3.31. The number of nitrogens with zero attached hydrogens (tertiary/aromatic N) is 2. The molecule has 0 bridgehead atoms. The third-order valence-electron chi connectivity index (χ3n) is 9.33. The van der Waals surface area contributed by atoms with Crippen LogP contribution in [0.3, 0.4) is 0 Å². The highest BCUT2D eigenvalue weighted by Gasteiger charge is 2.61. The van der Waals surface area contributed by atoms with Gasteiger partial charge in [0.25, 0.3) is 5.19 Å². The zero-order valence-electron chi connectivity index (χ0n) is 24.1. The molecule has 0 spiro atoms. The van der Waals surface area contributed by atoms with Crippen molar-refractivity contribution in [3.63, 3.8) is 0 Å². The van der Waals surface area contributed by atoms with Crippen molar-refractivity contribution < 1.29 is 24.2 Å². The fourth-order valence-electron chi connectivity index (χ4n) is 6.74. The number of rotatable bonds is 6. The fraction of sp³-hybridized carbons (Fsp3) is 0.471. The molecule has 2 fully saturated rings. The van der Waals surface area contributed by atoms with E-state index in [2.05, 4.69) is 23.2 Å². The smallest absolute Gasteiger partial charge is 0.310 e. The lowest BCUT2D eigenvalue weighted by molar-refractivity contribution is -0.147. The van der Waals surface area contributed by atoms with Crippen molar-refractivity contribution in [2.75, 3.05) is 6.54 Å². The van der Waals surface area contributed by atoms with E-state index in [1.54, 1.807) is 11.0 Å². The van der Waals surface area contributed by atoms with E-state index < -0.39 is 23.5 Å². The Balaban J connectivity index is 1.26. The summed E-state index contributed by atoms with van der Waals surface area (Å²) in [6, 6.07) is 14.9. The first-order valence-corrected chi connectivity index (χ1v) is 16.5. The summed E-state index contributed by atoms with van der Waals surface area (Å²) in [5, 5.41) is 11.2. The second-order valence-electron chi connectivity index (χ2n) is 12.3. The summed E-state index contributed by atoms with van der Waals surface area (Å²) in [5.41, 5.74) is 0.882. The van der Waals surface area contributed by atoms with Gasteiger partial charge in [-0.3, -0.25) is 14.4 Å². The quantitative estimate of drug-likeness (QED) is 0.295. The molecule has 6 rings (SSSR count). The summed E-state index contributed by atoms with van der Waals surface area (Å²) in [6.45, 7) is 0.275. The van der Waals surface area contributed by atoms with Crippen molar-refractivity contribution in [2.24, 2.45) is 17.3 Å². The van der Waals surface area contributed by atoms with Crippen molar-refractivity contribution in [3.05, 3.63) is 71.3 Å². The molecule has 0 unspecified atom stereocenters. The Kier molecular flexibility index (Phi) is 8.87. The van der Waals surface area contributed by atoms with E-state index in [4.69, 9.17) is 16.3 Å². The Labute approximate surface area is 260 Å². The van der Waals surface area contributed by atoms with E-state index in [1.165, 1.54) is 16.9 Å². The van der Waals surface area contributed by atoms with Gasteiger partial charge in [-0.05, 0) is 68.2 Å². The van der Waals surface area contributed by atoms with Gasteiger partial charge < -0.3 is 14.7 Å². The number of halogens is 1. The minimum atomic E-state index is -1.08. The van der Waals surface area contributed by atoms with Crippen molar-refractivity contribution in [1.82, 2.24) is 9.88 Å². The molecule has 0 radical (unpaired) electrons. The molecule has 9 heteroatoms. The Morgan fingerprint density at radius 2 is 1.98 bits per heavy atom. The number of carboxylic acid groups (broad SMARTS) is 1. The number of benzene rings is 2. The maximum atomic E-state index is 14.3. The summed E-state index contributed by atoms with van der Waals surface area (Å²) in [4.78, 5) is 46.9. The summed E-state index contributed by atoms with van der Waals surface area (Å²) in [7, 11) is 0. The predicted octanol–water partition coefficient (Wildman–Crippen LogP) is 7.12. The number of aryl methyl sites for hydroxylation is 1. The first kappa shape index (κ1) is 29.8. The zero-order valence-corrected chi connectivity index (χ0v) is 25.7. The van der Waals surface area contributed by atoms with Crippen LogP contribution in [-0.2, 0) is 20.8 Å². The van der Waals surface area contributed by atoms with Crippen molar-refractivity contribution in [3.8, 4) is 5.19 Å². The summed E-state index contributed by atoms with van der Waals surface area (Å²) < 4.78 is 7.21. The van der Waals surface area contributed by atoms with Crippen LogP contribution in [-0.4, -0.2) is 51.3 Å². The van der Waals surface area contributed by atoms with Crippen molar-refractivity contribution >= 4 is 50.8 Å². The van der Waals surface area contributed by atoms with Crippen LogP contribution in [0.1, 0.15) is 63.4 Å². The standard InChI is InChI=1S/C34H37ClN2O5S/c35-25-15-16-27-30(17-25)43-33(36-27)42-26-18-28-29(38)20-34(32(40)41)19-24(34)12-8-3-1-2-7-11-23(31(39)37(28)21-26)14-13-22-9-5-4-6-10-22/h4-6,8-10,12,15-17,23-24,26,28H,1-3,7,11,13-14,18-21H2,(H,40,41)/b12-8-/t23-,24-,26-,28+,34-/m1/s1. The van der Waals surface area contributed by atoms with E-state index in [0.29, 0.717) is 29.5 Å². The Morgan fingerprint density at radius 3 is 2.79 bits per heavy atom. The lowest BCUT2D eigenvalue weighted by Gasteiger charge is -2.29. The molecule has 43 heavy (non-hydrogen) atoms. The molecule has 5 atom stereocenters. The molecule has 3 aliphatic rings. The van der Waals surface area contributed by atoms with Gasteiger partial charge in [-0.1, -0.05) is 78.3 Å². The molecule has 1 N–H and O–H groups in total. The van der Waals surface area contributed by atoms with Crippen molar-refractivity contribution in [1.29, 1.82) is 0 Å². The molecule has 1 aromatic heterocycles. The second-order valence-corrected chi connectivity index (χ2v) is 13.7. The number of allylic oxidation sites excluding steroid dienone is 2. The third-order valence-corrected chi connectivity index (χ3v) is 10.5. The number of amides is 1. The monoisotopic (exact) mass is 620 g/mol. The maximum absolute atomic E-state index is 14.3.